The van der Waals surface area contributed by atoms with Crippen LogP contribution < -0.4 is 79.3 Å². The molecule has 0 bridgehead atoms. The van der Waals surface area contributed by atoms with Crippen LogP contribution in [0.1, 0.15) is 137 Å². The highest BCUT2D eigenvalue weighted by molar-refractivity contribution is 6.82. The third-order valence-corrected chi connectivity index (χ3v) is 22.0. The van der Waals surface area contributed by atoms with Gasteiger partial charge in [0.2, 0.25) is 0 Å². The Labute approximate surface area is 647 Å². The Morgan fingerprint density at radius 2 is 0.724 bits per heavy atom. The van der Waals surface area contributed by atoms with E-state index >= 15 is 0 Å². The number of benzene rings is 8. The van der Waals surface area contributed by atoms with Gasteiger partial charge in [-0.05, 0) is 188 Å². The average molecular weight is 1390 g/mol. The smallest absolute Gasteiger partial charge is 0.293 e. The third-order valence-electron chi connectivity index (χ3n) is 22.0. The van der Waals surface area contributed by atoms with Crippen molar-refractivity contribution < 1.29 is 40.2 Å². The van der Waals surface area contributed by atoms with Gasteiger partial charge in [-0.3, -0.25) is 19.2 Å². The monoisotopic (exact) mass is 1390 g/mol. The van der Waals surface area contributed by atoms with Crippen molar-refractivity contribution in [2.24, 2.45) is 34.1 Å². The van der Waals surface area contributed by atoms with Gasteiger partial charge in [-0.25, -0.2) is 18.3 Å². The Hall–Kier alpha value is -10.2. The van der Waals surface area contributed by atoms with E-state index in [1.807, 2.05) is 292 Å². The fourth-order valence-corrected chi connectivity index (χ4v) is 16.0. The molecule has 12 heteroatoms. The van der Waals surface area contributed by atoms with Gasteiger partial charge < -0.3 is 0 Å². The first-order chi connectivity index (χ1) is 56.9. The molecule has 0 radical (unpaired) electrons. The lowest BCUT2D eigenvalue weighted by Gasteiger charge is -2.25. The van der Waals surface area contributed by atoms with Gasteiger partial charge >= 0.3 is 27.4 Å². The molecule has 1 saturated carbocycles. The summed E-state index contributed by atoms with van der Waals surface area (Å²) in [6.07, 6.45) is 10.5. The zero-order valence-corrected chi connectivity index (χ0v) is 62.9. The molecule has 12 aromatic rings. The summed E-state index contributed by atoms with van der Waals surface area (Å²) in [6, 6.07) is 71.3. The molecular formula is C93H104B4N8+4. The molecule has 0 spiro atoms. The normalized spacial score (nSPS) is 18.1. The second kappa shape index (κ2) is 30.1. The molecule has 17 rings (SSSR count). The summed E-state index contributed by atoms with van der Waals surface area (Å²) in [7, 11) is 8.01. The van der Waals surface area contributed by atoms with Crippen molar-refractivity contribution in [3.63, 3.8) is 0 Å². The number of anilines is 4. The fourth-order valence-electron chi connectivity index (χ4n) is 16.0. The highest BCUT2D eigenvalue weighted by Crippen LogP contribution is 2.39. The van der Waals surface area contributed by atoms with E-state index in [1.165, 1.54) is 10.9 Å². The SMILES string of the molecule is [2H]C([2H])([2H])C1=c2ccccc2=CN(c2cc(C([2H])(C)C)c3ccccc3[n+]2C)B1C.[2H]C([2H])([2H])C1=c2ccccc2=CN(c2cc(C([2H])([2H])C(C)C)c3ccccc3[n+]2C)B1C.[2H]C([2H])([2H])C1=c2ccccc2=CN(c2cc(C)c3ccccc3[n+]2C)B1C.[2H]C([2H])([2H])C1=c2ccccc2=CN(c2cc(C3([2H])CCCC3)c3ccccc3[n+]2C)B1C. The Balaban J connectivity index is 0.000000132. The first kappa shape index (κ1) is 54.4. The van der Waals surface area contributed by atoms with Gasteiger partial charge in [0.1, 0.15) is 22.1 Å². The topological polar surface area (TPSA) is 28.5 Å². The number of aromatic nitrogens is 4. The Kier molecular flexibility index (Phi) is 15.6. The molecule has 4 aliphatic heterocycles. The summed E-state index contributed by atoms with van der Waals surface area (Å²) in [5.41, 5.74) is 9.67. The van der Waals surface area contributed by atoms with Crippen molar-refractivity contribution >= 4 is 141 Å². The maximum absolute atomic E-state index is 9.26. The lowest BCUT2D eigenvalue weighted by molar-refractivity contribution is -0.631. The number of nitrogens with zero attached hydrogens (tertiary/aromatic N) is 8. The average Bonchev–Trinajstić information content (AvgIpc) is 1.38. The molecule has 0 N–H and O–H groups in total. The van der Waals surface area contributed by atoms with E-state index < -0.39 is 52.4 Å². The van der Waals surface area contributed by atoms with E-state index in [0.29, 0.717) is 27.5 Å². The van der Waals surface area contributed by atoms with Gasteiger partial charge in [-0.15, -0.1) is 0 Å². The molecule has 1 fully saturated rings. The van der Waals surface area contributed by atoms with Gasteiger partial charge in [0.05, 0.1) is 53.0 Å². The predicted octanol–water partition coefficient (Wildman–Crippen LogP) is 13.3. The number of pyridine rings is 4. The van der Waals surface area contributed by atoms with Crippen LogP contribution in [0.15, 0.2) is 218 Å². The van der Waals surface area contributed by atoms with Crippen LogP contribution in [-0.2, 0) is 34.6 Å². The first-order valence-corrected chi connectivity index (χ1v) is 37.0. The van der Waals surface area contributed by atoms with Crippen molar-refractivity contribution in [3.05, 3.63) is 282 Å². The van der Waals surface area contributed by atoms with Gasteiger partial charge in [0.25, 0.3) is 23.3 Å². The fraction of sp³-hybridized carbons (Fsp3) is 0.269. The minimum Gasteiger partial charge on any atom is -0.293 e. The van der Waals surface area contributed by atoms with Crippen LogP contribution in [0, 0.1) is 12.8 Å². The number of hydrogen-bond acceptors (Lipinski definition) is 4. The summed E-state index contributed by atoms with van der Waals surface area (Å²) in [6.45, 7) is 7.28. The molecule has 4 aromatic heterocycles. The molecule has 0 unspecified atom stereocenters. The zero-order chi connectivity index (χ0) is 87.3. The molecule has 105 heavy (non-hydrogen) atoms. The number of aryl methyl sites for hydroxylation is 5. The molecule has 524 valence electrons. The first-order valence-electron chi connectivity index (χ1n) is 45.0. The van der Waals surface area contributed by atoms with E-state index in [4.69, 9.17) is 20.6 Å². The van der Waals surface area contributed by atoms with Crippen molar-refractivity contribution in [2.75, 3.05) is 19.2 Å². The lowest BCUT2D eigenvalue weighted by atomic mass is 9.55. The number of rotatable bonds is 8. The van der Waals surface area contributed by atoms with Crippen molar-refractivity contribution in [2.45, 2.75) is 133 Å². The lowest BCUT2D eigenvalue weighted by Crippen LogP contribution is -2.50. The van der Waals surface area contributed by atoms with Crippen LogP contribution in [0.2, 0.25) is 27.3 Å². The van der Waals surface area contributed by atoms with Gasteiger partial charge in [0.15, 0.2) is 0 Å². The van der Waals surface area contributed by atoms with E-state index in [1.54, 1.807) is 0 Å². The molecule has 0 amide bonds. The molecule has 0 atom stereocenters. The van der Waals surface area contributed by atoms with E-state index in [9.17, 15) is 1.37 Å². The van der Waals surface area contributed by atoms with Crippen LogP contribution in [0.4, 0.5) is 23.3 Å². The minimum absolute atomic E-state index is 0.223. The summed E-state index contributed by atoms with van der Waals surface area (Å²) < 4.78 is 142. The Morgan fingerprint density at radius 3 is 1.12 bits per heavy atom. The van der Waals surface area contributed by atoms with E-state index in [2.05, 4.69) is 79.0 Å². The molecule has 8 heterocycles. The third kappa shape index (κ3) is 13.6. The van der Waals surface area contributed by atoms with Crippen molar-refractivity contribution in [1.29, 1.82) is 0 Å². The second-order valence-electron chi connectivity index (χ2n) is 29.2. The van der Waals surface area contributed by atoms with Crippen LogP contribution in [0.5, 0.6) is 0 Å². The molecule has 5 aliphatic rings. The number of fused-ring (bicyclic) bond motifs is 8. The second-order valence-corrected chi connectivity index (χ2v) is 29.2. The van der Waals surface area contributed by atoms with Crippen LogP contribution >= 0.6 is 0 Å². The summed E-state index contributed by atoms with van der Waals surface area (Å²) in [5.74, 6) is 1.90. The quantitative estimate of drug-likeness (QED) is 0.112. The molecule has 1 aliphatic carbocycles. The molecule has 8 nitrogen and oxygen atoms in total. The summed E-state index contributed by atoms with van der Waals surface area (Å²) in [5, 5.41) is 10.9. The Bertz CT molecular complexity index is 6470. The standard InChI is InChI=1S/C25H28BN2.C24H28BN2.C23H26BN2.C21H22BN2/c1-18-21-13-7-6-12-20(21)17-28(26(18)2)25-16-23(19-10-4-5-11-19)22-14-8-9-15-24(22)27(25)3;1-17(2)14-20-15-24(26(5)23-13-9-8-12-22(20)23)27-16-19-10-6-7-11-21(19)18(3)25(27)4;1-16(2)21-14-23(25(5)22-13-9-8-12-20(21)22)26-15-18-10-6-7-11-19(18)17(3)24(26)4;1-15-13-21(23(4)20-12-8-7-10-18(15)20)24-14-17-9-5-6-11-19(17)16(2)22(24)3/h6-9,12-17,19H,4-5,10-11H2,1-3H3;6-13,15-17H,14H2,1-5H3;6-16H,1-5H3;5-14H,1-4H3/q4*+1/i1D3,19D;3D3,14D2;3D3,16D;2D3. The van der Waals surface area contributed by atoms with Crippen LogP contribution in [0.25, 0.3) is 90.3 Å². The summed E-state index contributed by atoms with van der Waals surface area (Å²) in [4.78, 5) is 8.17. The number of para-hydroxylation sites is 4. The minimum atomic E-state index is -2.24. The highest BCUT2D eigenvalue weighted by Gasteiger charge is 2.38. The molecular weight excluding hydrogens is 1270 g/mol. The van der Waals surface area contributed by atoms with Crippen molar-refractivity contribution in [1.82, 2.24) is 0 Å². The van der Waals surface area contributed by atoms with Gasteiger partial charge in [0, 0.05) is 88.6 Å². The largest absolute Gasteiger partial charge is 0.405 e. The van der Waals surface area contributed by atoms with Gasteiger partial charge in [-0.2, -0.15) is 0 Å². The highest BCUT2D eigenvalue weighted by atomic mass is 15.2. The zero-order valence-electron chi connectivity index (χ0n) is 78.9. The Morgan fingerprint density at radius 1 is 0.410 bits per heavy atom. The maximum atomic E-state index is 9.26. The maximum Gasteiger partial charge on any atom is 0.405 e. The van der Waals surface area contributed by atoms with Crippen LogP contribution in [-0.4, -0.2) is 27.4 Å². The molecule has 8 aromatic carbocycles. The van der Waals surface area contributed by atoms with Gasteiger partial charge in [-0.1, -0.05) is 210 Å². The summed E-state index contributed by atoms with van der Waals surface area (Å²) >= 11 is 0. The van der Waals surface area contributed by atoms with E-state index in [0.717, 1.165) is 140 Å². The van der Waals surface area contributed by atoms with E-state index in [-0.39, 0.29) is 26.5 Å². The predicted molar refractivity (Wildman–Crippen MR) is 452 cm³/mol. The number of hydrogen-bond donors (Lipinski definition) is 0. The van der Waals surface area contributed by atoms with Crippen molar-refractivity contribution in [3.8, 4) is 0 Å². The van der Waals surface area contributed by atoms with Crippen LogP contribution in [0.3, 0.4) is 0 Å². The molecule has 0 saturated heterocycles.